The molecule has 1 aliphatic heterocycles. The van der Waals surface area contributed by atoms with Crippen molar-refractivity contribution in [3.8, 4) is 6.07 Å². The van der Waals surface area contributed by atoms with Gasteiger partial charge in [0.05, 0.1) is 18.3 Å². The molecule has 0 unspecified atom stereocenters. The van der Waals surface area contributed by atoms with Crippen LogP contribution in [0.1, 0.15) is 52.6 Å². The summed E-state index contributed by atoms with van der Waals surface area (Å²) in [5.41, 5.74) is 8.77. The number of alkyl halides is 1. The van der Waals surface area contributed by atoms with Gasteiger partial charge in [0.15, 0.2) is 0 Å². The van der Waals surface area contributed by atoms with Gasteiger partial charge < -0.3 is 4.90 Å². The molecule has 1 heterocycles. The first-order valence-electron chi connectivity index (χ1n) is 12.7. The molecule has 2 aliphatic rings. The normalized spacial score (nSPS) is 16.3. The third kappa shape index (κ3) is 5.23. The maximum absolute atomic E-state index is 12.4. The van der Waals surface area contributed by atoms with E-state index < -0.39 is 0 Å². The van der Waals surface area contributed by atoms with Crippen LogP contribution in [0.25, 0.3) is 11.1 Å². The van der Waals surface area contributed by atoms with Crippen LogP contribution in [0, 0.1) is 17.2 Å². The second-order valence-corrected chi connectivity index (χ2v) is 10.7. The summed E-state index contributed by atoms with van der Waals surface area (Å²) in [6, 6.07) is 23.0. The van der Waals surface area contributed by atoms with Crippen LogP contribution in [0.2, 0.25) is 10.0 Å². The molecule has 1 fully saturated rings. The standard InChI is InChI=1S/C31H29Cl2FN2/c32-25-12-13-27(30(33)17-25)29-7-2-5-26-24(18-35)4-1-6-28(26)31(29)23-10-8-21(9-11-23)16-22-19-36(20-22)15-3-14-34/h1,4,6,8-13,17,22H,2-3,5,7,14-16,19-20H2. The zero-order valence-corrected chi connectivity index (χ0v) is 21.8. The van der Waals surface area contributed by atoms with Gasteiger partial charge >= 0.3 is 0 Å². The molecule has 0 bridgehead atoms. The van der Waals surface area contributed by atoms with Gasteiger partial charge in [0, 0.05) is 29.7 Å². The Hall–Kier alpha value is -2.64. The Morgan fingerprint density at radius 2 is 1.78 bits per heavy atom. The lowest BCUT2D eigenvalue weighted by Gasteiger charge is -2.39. The van der Waals surface area contributed by atoms with Crippen molar-refractivity contribution in [1.82, 2.24) is 4.90 Å². The van der Waals surface area contributed by atoms with Gasteiger partial charge in [0.1, 0.15) is 0 Å². The molecule has 1 aliphatic carbocycles. The topological polar surface area (TPSA) is 27.0 Å². The van der Waals surface area contributed by atoms with Crippen LogP contribution in [0.3, 0.4) is 0 Å². The Bertz CT molecular complexity index is 1320. The fraction of sp³-hybridized carbons (Fsp3) is 0.323. The molecule has 1 saturated heterocycles. The number of hydrogen-bond donors (Lipinski definition) is 0. The van der Waals surface area contributed by atoms with Gasteiger partial charge in [-0.3, -0.25) is 4.39 Å². The summed E-state index contributed by atoms with van der Waals surface area (Å²) in [6.45, 7) is 2.73. The monoisotopic (exact) mass is 518 g/mol. The van der Waals surface area contributed by atoms with E-state index in [1.54, 1.807) is 6.07 Å². The van der Waals surface area contributed by atoms with E-state index in [9.17, 15) is 9.65 Å². The number of hydrogen-bond acceptors (Lipinski definition) is 2. The van der Waals surface area contributed by atoms with E-state index in [4.69, 9.17) is 23.2 Å². The Labute approximate surface area is 223 Å². The number of allylic oxidation sites excluding steroid dienone is 1. The molecule has 0 N–H and O–H groups in total. The van der Waals surface area contributed by atoms with Crippen LogP contribution in [0.4, 0.5) is 4.39 Å². The highest BCUT2D eigenvalue weighted by Gasteiger charge is 2.27. The van der Waals surface area contributed by atoms with Crippen molar-refractivity contribution in [1.29, 1.82) is 5.26 Å². The smallest absolute Gasteiger partial charge is 0.0994 e. The third-order valence-electron chi connectivity index (χ3n) is 7.39. The SMILES string of the molecule is N#Cc1cccc2c1CCCC(c1ccc(Cl)cc1Cl)=C2c1ccc(CC2CN(CCCF)C2)cc1. The van der Waals surface area contributed by atoms with Crippen LogP contribution in [0.15, 0.2) is 60.7 Å². The van der Waals surface area contributed by atoms with Crippen LogP contribution < -0.4 is 0 Å². The summed E-state index contributed by atoms with van der Waals surface area (Å²) >= 11 is 12.9. The zero-order valence-electron chi connectivity index (χ0n) is 20.2. The average molecular weight is 519 g/mol. The van der Waals surface area contributed by atoms with E-state index in [2.05, 4.69) is 41.3 Å². The number of fused-ring (bicyclic) bond motifs is 1. The third-order valence-corrected chi connectivity index (χ3v) is 7.93. The molecule has 3 aromatic carbocycles. The summed E-state index contributed by atoms with van der Waals surface area (Å²) in [7, 11) is 0. The number of nitriles is 1. The molecule has 0 spiro atoms. The first-order chi connectivity index (χ1) is 17.6. The predicted octanol–water partition coefficient (Wildman–Crippen LogP) is 7.99. The number of halogens is 3. The Balaban J connectivity index is 1.51. The fourth-order valence-electron chi connectivity index (χ4n) is 5.67. The molecule has 0 atom stereocenters. The minimum Gasteiger partial charge on any atom is -0.303 e. The molecule has 0 saturated carbocycles. The lowest BCUT2D eigenvalue weighted by Crippen LogP contribution is -2.47. The summed E-state index contributed by atoms with van der Waals surface area (Å²) < 4.78 is 12.4. The average Bonchev–Trinajstić information content (AvgIpc) is 3.05. The highest BCUT2D eigenvalue weighted by Crippen LogP contribution is 2.43. The van der Waals surface area contributed by atoms with Gasteiger partial charge in [-0.25, -0.2) is 0 Å². The summed E-state index contributed by atoms with van der Waals surface area (Å²) in [5, 5.41) is 11.1. The van der Waals surface area contributed by atoms with E-state index in [-0.39, 0.29) is 6.67 Å². The van der Waals surface area contributed by atoms with Crippen LogP contribution in [-0.4, -0.2) is 31.2 Å². The van der Waals surface area contributed by atoms with E-state index in [0.717, 1.165) is 78.7 Å². The molecule has 0 amide bonds. The zero-order chi connectivity index (χ0) is 25.1. The summed E-state index contributed by atoms with van der Waals surface area (Å²) in [5.74, 6) is 0.634. The molecule has 36 heavy (non-hydrogen) atoms. The first kappa shape index (κ1) is 25.0. The maximum atomic E-state index is 12.4. The highest BCUT2D eigenvalue weighted by atomic mass is 35.5. The summed E-state index contributed by atoms with van der Waals surface area (Å²) in [4.78, 5) is 2.33. The first-order valence-corrected chi connectivity index (χ1v) is 13.4. The van der Waals surface area contributed by atoms with Gasteiger partial charge in [-0.2, -0.15) is 5.26 Å². The Morgan fingerprint density at radius 3 is 2.50 bits per heavy atom. The van der Waals surface area contributed by atoms with Gasteiger partial charge in [0.25, 0.3) is 0 Å². The van der Waals surface area contributed by atoms with Crippen molar-refractivity contribution >= 4 is 34.3 Å². The lowest BCUT2D eigenvalue weighted by molar-refractivity contribution is 0.0968. The van der Waals surface area contributed by atoms with Crippen molar-refractivity contribution in [2.24, 2.45) is 5.92 Å². The van der Waals surface area contributed by atoms with Crippen molar-refractivity contribution in [2.45, 2.75) is 32.1 Å². The second kappa shape index (κ2) is 11.2. The van der Waals surface area contributed by atoms with E-state index in [0.29, 0.717) is 22.4 Å². The number of nitrogens with zero attached hydrogens (tertiary/aromatic N) is 2. The number of benzene rings is 3. The van der Waals surface area contributed by atoms with E-state index in [1.807, 2.05) is 24.3 Å². The molecule has 184 valence electrons. The van der Waals surface area contributed by atoms with Crippen molar-refractivity contribution in [3.63, 3.8) is 0 Å². The van der Waals surface area contributed by atoms with E-state index in [1.165, 1.54) is 11.1 Å². The van der Waals surface area contributed by atoms with Gasteiger partial charge in [-0.1, -0.05) is 65.7 Å². The quantitative estimate of drug-likeness (QED) is 0.316. The van der Waals surface area contributed by atoms with Gasteiger partial charge in [0.2, 0.25) is 0 Å². The number of likely N-dealkylation sites (tertiary alicyclic amines) is 1. The minimum atomic E-state index is -0.235. The molecule has 2 nitrogen and oxygen atoms in total. The highest BCUT2D eigenvalue weighted by molar-refractivity contribution is 6.36. The molecule has 0 aromatic heterocycles. The Morgan fingerprint density at radius 1 is 0.972 bits per heavy atom. The molecule has 3 aromatic rings. The van der Waals surface area contributed by atoms with Crippen LogP contribution in [-0.2, 0) is 12.8 Å². The van der Waals surface area contributed by atoms with Gasteiger partial charge in [-0.05, 0) is 95.2 Å². The van der Waals surface area contributed by atoms with Gasteiger partial charge in [-0.15, -0.1) is 0 Å². The number of rotatable bonds is 7. The van der Waals surface area contributed by atoms with Crippen molar-refractivity contribution < 1.29 is 4.39 Å². The van der Waals surface area contributed by atoms with E-state index >= 15 is 0 Å². The molecule has 5 rings (SSSR count). The lowest BCUT2D eigenvalue weighted by atomic mass is 9.85. The van der Waals surface area contributed by atoms with Crippen LogP contribution in [0.5, 0.6) is 0 Å². The fourth-order valence-corrected chi connectivity index (χ4v) is 6.19. The Kier molecular flexibility index (Phi) is 7.77. The second-order valence-electron chi connectivity index (χ2n) is 9.84. The maximum Gasteiger partial charge on any atom is 0.0994 e. The van der Waals surface area contributed by atoms with Crippen LogP contribution >= 0.6 is 23.2 Å². The minimum absolute atomic E-state index is 0.235. The molecule has 5 heteroatoms. The van der Waals surface area contributed by atoms with Crippen molar-refractivity contribution in [2.75, 3.05) is 26.3 Å². The molecule has 0 radical (unpaired) electrons. The molecular formula is C31H29Cl2FN2. The largest absolute Gasteiger partial charge is 0.303 e. The molecular weight excluding hydrogens is 490 g/mol. The summed E-state index contributed by atoms with van der Waals surface area (Å²) in [6.07, 6.45) is 4.34. The van der Waals surface area contributed by atoms with Crippen molar-refractivity contribution in [3.05, 3.63) is 104 Å². The predicted molar refractivity (Wildman–Crippen MR) is 147 cm³/mol.